The fourth-order valence-corrected chi connectivity index (χ4v) is 6.92. The van der Waals surface area contributed by atoms with E-state index in [1.807, 2.05) is 4.90 Å². The molecule has 0 aromatic rings. The SMILES string of the molecule is N[C@]12C3CCC(C31)[C@]21CCC[C@H](C(=O)N2CCOCC2)C1. The standard InChI is InChI=1S/C17H26N2O2/c18-17-13-4-3-12(14(13)17)16(17)5-1-2-11(10-16)15(20)19-6-8-21-9-7-19/h11-14H,1-10,18H2/t11-,12?,13?,14?,16+,17+/m0/s1. The molecule has 4 aliphatic carbocycles. The van der Waals surface area contributed by atoms with Gasteiger partial charge in [-0.25, -0.2) is 0 Å². The number of carbonyl (C=O) groups is 1. The Hall–Kier alpha value is -0.610. The third kappa shape index (κ3) is 1.37. The Morgan fingerprint density at radius 2 is 1.90 bits per heavy atom. The zero-order valence-electron chi connectivity index (χ0n) is 12.7. The molecule has 0 aromatic carbocycles. The third-order valence-electron chi connectivity index (χ3n) is 7.74. The summed E-state index contributed by atoms with van der Waals surface area (Å²) in [5.41, 5.74) is 7.26. The van der Waals surface area contributed by atoms with Crippen LogP contribution in [0.3, 0.4) is 0 Å². The lowest BCUT2D eigenvalue weighted by molar-refractivity contribution is -0.147. The second-order valence-electron chi connectivity index (χ2n) is 8.14. The van der Waals surface area contributed by atoms with Crippen molar-refractivity contribution in [2.24, 2.45) is 34.8 Å². The van der Waals surface area contributed by atoms with Crippen molar-refractivity contribution in [1.29, 1.82) is 0 Å². The summed E-state index contributed by atoms with van der Waals surface area (Å²) >= 11 is 0. The average molecular weight is 290 g/mol. The van der Waals surface area contributed by atoms with Gasteiger partial charge in [0.1, 0.15) is 0 Å². The number of carbonyl (C=O) groups excluding carboxylic acids is 1. The number of ether oxygens (including phenoxy) is 1. The van der Waals surface area contributed by atoms with Crippen LogP contribution >= 0.6 is 0 Å². The van der Waals surface area contributed by atoms with Gasteiger partial charge in [0.15, 0.2) is 0 Å². The van der Waals surface area contributed by atoms with Gasteiger partial charge >= 0.3 is 0 Å². The molecule has 5 aliphatic rings. The number of amides is 1. The highest BCUT2D eigenvalue weighted by molar-refractivity contribution is 5.79. The minimum absolute atomic E-state index is 0.139. The van der Waals surface area contributed by atoms with E-state index >= 15 is 0 Å². The van der Waals surface area contributed by atoms with E-state index in [-0.39, 0.29) is 11.5 Å². The van der Waals surface area contributed by atoms with E-state index < -0.39 is 0 Å². The Kier molecular flexibility index (Phi) is 2.47. The number of rotatable bonds is 1. The molecule has 21 heavy (non-hydrogen) atoms. The Bertz CT molecular complexity index is 483. The smallest absolute Gasteiger partial charge is 0.225 e. The van der Waals surface area contributed by atoms with Gasteiger partial charge in [0.2, 0.25) is 5.91 Å². The molecule has 0 bridgehead atoms. The molecule has 1 heterocycles. The van der Waals surface area contributed by atoms with Gasteiger partial charge in [0.05, 0.1) is 13.2 Å². The maximum atomic E-state index is 12.8. The van der Waals surface area contributed by atoms with Gasteiger partial charge in [-0.2, -0.15) is 0 Å². The Balaban J connectivity index is 1.35. The van der Waals surface area contributed by atoms with Crippen molar-refractivity contribution in [3.63, 3.8) is 0 Å². The van der Waals surface area contributed by atoms with Crippen LogP contribution in [0.25, 0.3) is 0 Å². The molecule has 4 nitrogen and oxygen atoms in total. The van der Waals surface area contributed by atoms with Gasteiger partial charge in [-0.05, 0) is 55.3 Å². The molecule has 5 fully saturated rings. The molecule has 0 radical (unpaired) electrons. The predicted molar refractivity (Wildman–Crippen MR) is 78.4 cm³/mol. The maximum absolute atomic E-state index is 12.8. The van der Waals surface area contributed by atoms with E-state index in [0.29, 0.717) is 24.5 Å². The van der Waals surface area contributed by atoms with Crippen molar-refractivity contribution in [3.8, 4) is 0 Å². The van der Waals surface area contributed by atoms with E-state index in [4.69, 9.17) is 10.5 Å². The molecule has 4 heteroatoms. The zero-order valence-corrected chi connectivity index (χ0v) is 12.7. The molecule has 3 unspecified atom stereocenters. The van der Waals surface area contributed by atoms with Gasteiger partial charge in [0, 0.05) is 24.5 Å². The molecule has 1 amide bonds. The van der Waals surface area contributed by atoms with Crippen molar-refractivity contribution in [2.75, 3.05) is 26.3 Å². The molecule has 116 valence electrons. The second kappa shape index (κ2) is 4.02. The topological polar surface area (TPSA) is 55.6 Å². The van der Waals surface area contributed by atoms with E-state index in [9.17, 15) is 4.79 Å². The second-order valence-corrected chi connectivity index (χ2v) is 8.14. The van der Waals surface area contributed by atoms with Crippen molar-refractivity contribution in [1.82, 2.24) is 4.90 Å². The highest BCUT2D eigenvalue weighted by Crippen LogP contribution is 2.85. The quantitative estimate of drug-likeness (QED) is 0.794. The number of hydrogen-bond acceptors (Lipinski definition) is 3. The summed E-state index contributed by atoms with van der Waals surface area (Å²) in [6.45, 7) is 2.98. The number of morpholine rings is 1. The third-order valence-corrected chi connectivity index (χ3v) is 7.74. The van der Waals surface area contributed by atoms with Crippen molar-refractivity contribution in [3.05, 3.63) is 0 Å². The summed E-state index contributed by atoms with van der Waals surface area (Å²) < 4.78 is 5.38. The van der Waals surface area contributed by atoms with Crippen LogP contribution in [0.5, 0.6) is 0 Å². The largest absolute Gasteiger partial charge is 0.378 e. The van der Waals surface area contributed by atoms with E-state index in [0.717, 1.165) is 43.7 Å². The van der Waals surface area contributed by atoms with Crippen LogP contribution in [-0.4, -0.2) is 42.6 Å². The number of fused-ring (bicyclic) bond motifs is 3. The van der Waals surface area contributed by atoms with Crippen molar-refractivity contribution >= 4 is 5.91 Å². The minimum Gasteiger partial charge on any atom is -0.378 e. The van der Waals surface area contributed by atoms with Crippen LogP contribution in [-0.2, 0) is 9.53 Å². The predicted octanol–water partition coefficient (Wildman–Crippen LogP) is 1.39. The van der Waals surface area contributed by atoms with Crippen LogP contribution in [0, 0.1) is 29.1 Å². The Labute approximate surface area is 126 Å². The van der Waals surface area contributed by atoms with Gasteiger partial charge in [-0.1, -0.05) is 6.42 Å². The number of nitrogens with zero attached hydrogens (tertiary/aromatic N) is 1. The minimum atomic E-state index is 0.139. The van der Waals surface area contributed by atoms with Crippen molar-refractivity contribution in [2.45, 2.75) is 44.1 Å². The number of hydrogen-bond donors (Lipinski definition) is 1. The lowest BCUT2D eigenvalue weighted by atomic mass is 9.47. The first kappa shape index (κ1) is 12.9. The highest BCUT2D eigenvalue weighted by Gasteiger charge is 2.87. The van der Waals surface area contributed by atoms with E-state index in [1.165, 1.54) is 25.7 Å². The summed E-state index contributed by atoms with van der Waals surface area (Å²) in [6.07, 6.45) is 7.39. The molecule has 1 saturated heterocycles. The lowest BCUT2D eigenvalue weighted by Gasteiger charge is -2.59. The van der Waals surface area contributed by atoms with Crippen LogP contribution in [0.4, 0.5) is 0 Å². The van der Waals surface area contributed by atoms with Crippen LogP contribution < -0.4 is 5.73 Å². The first-order valence-corrected chi connectivity index (χ1v) is 8.84. The summed E-state index contributed by atoms with van der Waals surface area (Å²) in [6, 6.07) is 0. The first-order chi connectivity index (χ1) is 10.2. The van der Waals surface area contributed by atoms with Gasteiger partial charge in [-0.3, -0.25) is 4.79 Å². The molecular weight excluding hydrogens is 264 g/mol. The molecule has 2 N–H and O–H groups in total. The monoisotopic (exact) mass is 290 g/mol. The van der Waals surface area contributed by atoms with Crippen LogP contribution in [0.15, 0.2) is 0 Å². The molecule has 4 saturated carbocycles. The van der Waals surface area contributed by atoms with E-state index in [1.54, 1.807) is 0 Å². The summed E-state index contributed by atoms with van der Waals surface area (Å²) in [4.78, 5) is 14.9. The number of nitrogens with two attached hydrogens (primary N) is 1. The van der Waals surface area contributed by atoms with Gasteiger partial charge in [-0.15, -0.1) is 0 Å². The van der Waals surface area contributed by atoms with Gasteiger partial charge < -0.3 is 15.4 Å². The Morgan fingerprint density at radius 3 is 2.62 bits per heavy atom. The normalized spacial score (nSPS) is 54.2. The lowest BCUT2D eigenvalue weighted by Crippen LogP contribution is -2.64. The molecule has 1 aliphatic heterocycles. The highest BCUT2D eigenvalue weighted by atomic mass is 16.5. The van der Waals surface area contributed by atoms with Crippen LogP contribution in [0.1, 0.15) is 38.5 Å². The first-order valence-electron chi connectivity index (χ1n) is 8.84. The Morgan fingerprint density at radius 1 is 1.14 bits per heavy atom. The van der Waals surface area contributed by atoms with Gasteiger partial charge in [0.25, 0.3) is 0 Å². The summed E-state index contributed by atoms with van der Waals surface area (Å²) in [5.74, 6) is 3.11. The average Bonchev–Trinajstić information content (AvgIpc) is 2.89. The zero-order chi connectivity index (χ0) is 14.2. The molecule has 6 atom stereocenters. The molecule has 0 aromatic heterocycles. The molecule has 5 rings (SSSR count). The van der Waals surface area contributed by atoms with E-state index in [2.05, 4.69) is 0 Å². The summed E-state index contributed by atoms with van der Waals surface area (Å²) in [7, 11) is 0. The molecule has 1 spiro atoms. The van der Waals surface area contributed by atoms with Crippen LogP contribution in [0.2, 0.25) is 0 Å². The van der Waals surface area contributed by atoms with Crippen molar-refractivity contribution < 1.29 is 9.53 Å². The maximum Gasteiger partial charge on any atom is 0.225 e. The fraction of sp³-hybridized carbons (Fsp3) is 0.941. The summed E-state index contributed by atoms with van der Waals surface area (Å²) in [5, 5.41) is 0. The fourth-order valence-electron chi connectivity index (χ4n) is 6.92. The molecular formula is C17H26N2O2.